The molecule has 3 aromatic rings. The van der Waals surface area contributed by atoms with Crippen LogP contribution in [0.4, 0.5) is 18.9 Å². The standard InChI is InChI=1S/C32H31F3N4O5/c1-39-26-10-8-23(15-29(40)37-22-12-18-4-2-3-5-19(18)13-22)44-28(26)17-43-27-11-7-21(14-24(27)31(39)42)38-30(41)25-9-6-20(16-36-25)32(33,34)35/h2-7,9,11,14,16,22-23,26,28H,8,10,12-13,15,17H2,1H3,(H,37,40)(H,38,41)/t23-,26-,28-/m0/s1. The van der Waals surface area contributed by atoms with Gasteiger partial charge < -0.3 is 25.0 Å². The van der Waals surface area contributed by atoms with Crippen molar-refractivity contribution in [1.29, 1.82) is 0 Å². The summed E-state index contributed by atoms with van der Waals surface area (Å²) >= 11 is 0. The molecule has 230 valence electrons. The van der Waals surface area contributed by atoms with E-state index in [0.717, 1.165) is 25.0 Å². The molecular weight excluding hydrogens is 577 g/mol. The van der Waals surface area contributed by atoms with Gasteiger partial charge in [-0.15, -0.1) is 0 Å². The second-order valence-corrected chi connectivity index (χ2v) is 11.4. The summed E-state index contributed by atoms with van der Waals surface area (Å²) in [6.45, 7) is 0.159. The summed E-state index contributed by atoms with van der Waals surface area (Å²) in [5, 5.41) is 5.72. The summed E-state index contributed by atoms with van der Waals surface area (Å²) in [6.07, 6.45) is -1.64. The maximum absolute atomic E-state index is 13.5. The van der Waals surface area contributed by atoms with Crippen molar-refractivity contribution in [2.45, 2.75) is 62.6 Å². The van der Waals surface area contributed by atoms with Crippen LogP contribution in [0.25, 0.3) is 0 Å². The molecule has 2 N–H and O–H groups in total. The fourth-order valence-corrected chi connectivity index (χ4v) is 6.15. The summed E-state index contributed by atoms with van der Waals surface area (Å²) in [6, 6.07) is 14.3. The van der Waals surface area contributed by atoms with Crippen LogP contribution in [-0.2, 0) is 28.5 Å². The molecule has 2 aromatic carbocycles. The Morgan fingerprint density at radius 3 is 2.48 bits per heavy atom. The third-order valence-corrected chi connectivity index (χ3v) is 8.42. The number of alkyl halides is 3. The number of hydrogen-bond acceptors (Lipinski definition) is 6. The molecular formula is C32H31F3N4O5. The van der Waals surface area contributed by atoms with E-state index in [1.54, 1.807) is 18.0 Å². The van der Waals surface area contributed by atoms with E-state index in [1.807, 2.05) is 12.1 Å². The Morgan fingerprint density at radius 2 is 1.80 bits per heavy atom. The highest BCUT2D eigenvalue weighted by Crippen LogP contribution is 2.33. The van der Waals surface area contributed by atoms with Crippen molar-refractivity contribution < 1.29 is 37.0 Å². The number of carbonyl (C=O) groups is 3. The first kappa shape index (κ1) is 29.6. The van der Waals surface area contributed by atoms with Crippen LogP contribution in [-0.4, -0.2) is 65.6 Å². The molecule has 3 aliphatic rings. The molecule has 0 saturated carbocycles. The number of aromatic nitrogens is 1. The lowest BCUT2D eigenvalue weighted by Crippen LogP contribution is -2.54. The minimum atomic E-state index is -4.56. The van der Waals surface area contributed by atoms with Crippen LogP contribution in [0.1, 0.15) is 56.8 Å². The van der Waals surface area contributed by atoms with Gasteiger partial charge >= 0.3 is 6.18 Å². The first-order valence-electron chi connectivity index (χ1n) is 14.5. The molecule has 6 rings (SSSR count). The van der Waals surface area contributed by atoms with Gasteiger partial charge in [0, 0.05) is 25.0 Å². The number of rotatable bonds is 5. The summed E-state index contributed by atoms with van der Waals surface area (Å²) in [4.78, 5) is 44.2. The molecule has 3 atom stereocenters. The van der Waals surface area contributed by atoms with Gasteiger partial charge in [-0.05, 0) is 67.1 Å². The number of fused-ring (bicyclic) bond motifs is 3. The van der Waals surface area contributed by atoms with E-state index in [-0.39, 0.29) is 60.0 Å². The highest BCUT2D eigenvalue weighted by molar-refractivity contribution is 6.04. The van der Waals surface area contributed by atoms with Crippen molar-refractivity contribution in [3.05, 3.63) is 88.7 Å². The van der Waals surface area contributed by atoms with E-state index in [9.17, 15) is 27.6 Å². The number of nitrogens with one attached hydrogen (secondary N) is 2. The molecule has 2 aliphatic heterocycles. The molecule has 9 nitrogen and oxygen atoms in total. The number of likely N-dealkylation sites (N-methyl/N-ethyl adjacent to an activating group) is 1. The van der Waals surface area contributed by atoms with Crippen molar-refractivity contribution >= 4 is 23.4 Å². The molecule has 12 heteroatoms. The summed E-state index contributed by atoms with van der Waals surface area (Å²) in [7, 11) is 1.68. The van der Waals surface area contributed by atoms with Crippen LogP contribution >= 0.6 is 0 Å². The second-order valence-electron chi connectivity index (χ2n) is 11.4. The number of amides is 3. The van der Waals surface area contributed by atoms with Crippen molar-refractivity contribution in [2.75, 3.05) is 19.0 Å². The topological polar surface area (TPSA) is 110 Å². The van der Waals surface area contributed by atoms with Crippen LogP contribution in [0, 0.1) is 0 Å². The molecule has 0 spiro atoms. The van der Waals surface area contributed by atoms with Crippen molar-refractivity contribution in [3.63, 3.8) is 0 Å². The number of benzene rings is 2. The van der Waals surface area contributed by atoms with Crippen molar-refractivity contribution in [3.8, 4) is 5.75 Å². The molecule has 1 saturated heterocycles. The molecule has 1 aliphatic carbocycles. The molecule has 0 bridgehead atoms. The molecule has 1 aromatic heterocycles. The molecule has 44 heavy (non-hydrogen) atoms. The monoisotopic (exact) mass is 608 g/mol. The van der Waals surface area contributed by atoms with E-state index in [1.165, 1.54) is 23.3 Å². The van der Waals surface area contributed by atoms with Crippen LogP contribution < -0.4 is 15.4 Å². The van der Waals surface area contributed by atoms with E-state index in [2.05, 4.69) is 27.8 Å². The van der Waals surface area contributed by atoms with E-state index >= 15 is 0 Å². The smallest absolute Gasteiger partial charge is 0.417 e. The van der Waals surface area contributed by atoms with Gasteiger partial charge in [-0.25, -0.2) is 0 Å². The highest BCUT2D eigenvalue weighted by atomic mass is 19.4. The predicted octanol–water partition coefficient (Wildman–Crippen LogP) is 4.41. The summed E-state index contributed by atoms with van der Waals surface area (Å²) in [5.74, 6) is -0.817. The maximum Gasteiger partial charge on any atom is 0.417 e. The summed E-state index contributed by atoms with van der Waals surface area (Å²) < 4.78 is 50.8. The van der Waals surface area contributed by atoms with Crippen LogP contribution in [0.15, 0.2) is 60.8 Å². The third kappa shape index (κ3) is 6.26. The number of nitrogens with zero attached hydrogens (tertiary/aromatic N) is 2. The third-order valence-electron chi connectivity index (χ3n) is 8.42. The van der Waals surface area contributed by atoms with Gasteiger partial charge in [-0.1, -0.05) is 24.3 Å². The minimum absolute atomic E-state index is 0.0612. The van der Waals surface area contributed by atoms with Crippen LogP contribution in [0.2, 0.25) is 0 Å². The molecule has 0 unspecified atom stereocenters. The van der Waals surface area contributed by atoms with Gasteiger partial charge in [0.05, 0.1) is 29.7 Å². The Bertz CT molecular complexity index is 1550. The van der Waals surface area contributed by atoms with Crippen LogP contribution in [0.3, 0.4) is 0 Å². The number of pyridine rings is 1. The first-order valence-corrected chi connectivity index (χ1v) is 14.5. The second kappa shape index (κ2) is 11.9. The average Bonchev–Trinajstić information content (AvgIpc) is 3.41. The van der Waals surface area contributed by atoms with Gasteiger partial charge in [0.15, 0.2) is 0 Å². The zero-order valence-corrected chi connectivity index (χ0v) is 23.9. The lowest BCUT2D eigenvalue weighted by molar-refractivity contribution is -0.138. The zero-order chi connectivity index (χ0) is 31.0. The normalized spacial score (nSPS) is 21.7. The Morgan fingerprint density at radius 1 is 1.05 bits per heavy atom. The number of anilines is 1. The highest BCUT2D eigenvalue weighted by Gasteiger charge is 2.39. The fraction of sp³-hybridized carbons (Fsp3) is 0.375. The largest absolute Gasteiger partial charge is 0.490 e. The predicted molar refractivity (Wildman–Crippen MR) is 153 cm³/mol. The van der Waals surface area contributed by atoms with Crippen molar-refractivity contribution in [1.82, 2.24) is 15.2 Å². The number of halogens is 3. The quantitative estimate of drug-likeness (QED) is 0.445. The van der Waals surface area contributed by atoms with Gasteiger partial charge in [-0.3, -0.25) is 19.4 Å². The average molecular weight is 609 g/mol. The minimum Gasteiger partial charge on any atom is -0.490 e. The number of carbonyl (C=O) groups excluding carboxylic acids is 3. The Balaban J connectivity index is 1.07. The van der Waals surface area contributed by atoms with E-state index in [4.69, 9.17) is 9.47 Å². The molecule has 3 heterocycles. The molecule has 3 amide bonds. The van der Waals surface area contributed by atoms with Crippen LogP contribution in [0.5, 0.6) is 5.75 Å². The first-order chi connectivity index (χ1) is 21.0. The van der Waals surface area contributed by atoms with Gasteiger partial charge in [0.2, 0.25) is 5.91 Å². The van der Waals surface area contributed by atoms with E-state index in [0.29, 0.717) is 24.8 Å². The lowest BCUT2D eigenvalue weighted by atomic mass is 9.94. The van der Waals surface area contributed by atoms with Crippen molar-refractivity contribution in [2.24, 2.45) is 0 Å². The Kier molecular flexibility index (Phi) is 8.02. The Hall–Kier alpha value is -4.45. The van der Waals surface area contributed by atoms with Gasteiger partial charge in [0.1, 0.15) is 24.2 Å². The molecule has 1 fully saturated rings. The molecule has 0 radical (unpaired) electrons. The lowest BCUT2D eigenvalue weighted by Gasteiger charge is -2.42. The maximum atomic E-state index is 13.5. The Labute approximate surface area is 251 Å². The SMILES string of the molecule is CN1C(=O)c2cc(NC(=O)c3ccc(C(F)(F)F)cn3)ccc2OC[C@@H]2O[C@H](CC(=O)NC3Cc4ccccc4C3)CC[C@@H]21. The number of ether oxygens (including phenoxy) is 2. The van der Waals surface area contributed by atoms with Gasteiger partial charge in [0.25, 0.3) is 11.8 Å². The van der Waals surface area contributed by atoms with Gasteiger partial charge in [-0.2, -0.15) is 13.2 Å². The number of hydrogen-bond donors (Lipinski definition) is 2. The fourth-order valence-electron chi connectivity index (χ4n) is 6.15. The van der Waals surface area contributed by atoms with E-state index < -0.39 is 23.8 Å². The zero-order valence-electron chi connectivity index (χ0n) is 23.9. The summed E-state index contributed by atoms with van der Waals surface area (Å²) in [5.41, 5.74) is 1.84.